The molecular formula is C14H17F3N2O2. The Hall–Kier alpha value is -1.76. The molecule has 21 heavy (non-hydrogen) atoms. The molecule has 1 aliphatic carbocycles. The van der Waals surface area contributed by atoms with Crippen LogP contribution in [0.25, 0.3) is 0 Å². The normalized spacial score (nSPS) is 22.1. The number of hydrogen-bond acceptors (Lipinski definition) is 3. The van der Waals surface area contributed by atoms with Crippen molar-refractivity contribution in [1.29, 1.82) is 0 Å². The molecular weight excluding hydrogens is 285 g/mol. The Labute approximate surface area is 120 Å². The Morgan fingerprint density at radius 1 is 1.33 bits per heavy atom. The van der Waals surface area contributed by atoms with E-state index in [-0.39, 0.29) is 35.7 Å². The Kier molecular flexibility index (Phi) is 4.72. The summed E-state index contributed by atoms with van der Waals surface area (Å²) in [5.74, 6) is -0.788. The molecule has 0 spiro atoms. The summed E-state index contributed by atoms with van der Waals surface area (Å²) >= 11 is 0. The standard InChI is InChI=1S/C14H17F3N2O2/c15-14(16,17)21-12-7-2-1-4-9(12)8-19-13(20)10-5-3-6-11(10)18/h1-2,4,7,10-11H,3,5-6,8,18H2,(H,19,20). The molecule has 1 saturated carbocycles. The lowest BCUT2D eigenvalue weighted by atomic mass is 10.0. The molecule has 2 rings (SSSR count). The Balaban J connectivity index is 1.98. The molecule has 1 amide bonds. The summed E-state index contributed by atoms with van der Waals surface area (Å²) < 4.78 is 40.8. The lowest BCUT2D eigenvalue weighted by Gasteiger charge is -2.17. The van der Waals surface area contributed by atoms with Crippen molar-refractivity contribution in [1.82, 2.24) is 5.32 Å². The molecule has 2 atom stereocenters. The lowest BCUT2D eigenvalue weighted by Crippen LogP contribution is -2.38. The maximum atomic E-state index is 12.3. The van der Waals surface area contributed by atoms with Crippen molar-refractivity contribution in [3.8, 4) is 5.75 Å². The largest absolute Gasteiger partial charge is 0.573 e. The van der Waals surface area contributed by atoms with Crippen LogP contribution in [0, 0.1) is 5.92 Å². The second-order valence-electron chi connectivity index (χ2n) is 5.07. The molecule has 116 valence electrons. The SMILES string of the molecule is NC1CCCC1C(=O)NCc1ccccc1OC(F)(F)F. The fourth-order valence-electron chi connectivity index (χ4n) is 2.50. The van der Waals surface area contributed by atoms with E-state index in [4.69, 9.17) is 5.73 Å². The number of amides is 1. The summed E-state index contributed by atoms with van der Waals surface area (Å²) in [6.07, 6.45) is -2.35. The molecule has 7 heteroatoms. The summed E-state index contributed by atoms with van der Waals surface area (Å²) in [7, 11) is 0. The zero-order chi connectivity index (χ0) is 15.5. The first-order valence-electron chi connectivity index (χ1n) is 6.74. The first-order chi connectivity index (χ1) is 9.87. The van der Waals surface area contributed by atoms with Gasteiger partial charge in [0.2, 0.25) is 5.91 Å². The summed E-state index contributed by atoms with van der Waals surface area (Å²) in [4.78, 5) is 12.0. The van der Waals surface area contributed by atoms with E-state index in [1.807, 2.05) is 0 Å². The topological polar surface area (TPSA) is 64.4 Å². The number of nitrogens with one attached hydrogen (secondary N) is 1. The highest BCUT2D eigenvalue weighted by atomic mass is 19.4. The molecule has 0 bridgehead atoms. The molecule has 1 aliphatic rings. The average molecular weight is 302 g/mol. The number of ether oxygens (including phenoxy) is 1. The molecule has 1 aromatic rings. The molecule has 0 aromatic heterocycles. The Morgan fingerprint density at radius 3 is 2.67 bits per heavy atom. The van der Waals surface area contributed by atoms with Gasteiger partial charge in [-0.2, -0.15) is 0 Å². The van der Waals surface area contributed by atoms with Crippen molar-refractivity contribution in [2.24, 2.45) is 11.7 Å². The smallest absolute Gasteiger partial charge is 0.405 e. The van der Waals surface area contributed by atoms with Crippen LogP contribution in [0.3, 0.4) is 0 Å². The second kappa shape index (κ2) is 6.34. The van der Waals surface area contributed by atoms with Crippen LogP contribution in [0.5, 0.6) is 5.75 Å². The van der Waals surface area contributed by atoms with Crippen molar-refractivity contribution in [2.75, 3.05) is 0 Å². The minimum atomic E-state index is -4.76. The highest BCUT2D eigenvalue weighted by Gasteiger charge is 2.32. The summed E-state index contributed by atoms with van der Waals surface area (Å²) in [6.45, 7) is -0.0195. The maximum Gasteiger partial charge on any atom is 0.573 e. The molecule has 1 aromatic carbocycles. The van der Waals surface area contributed by atoms with Gasteiger partial charge in [-0.25, -0.2) is 0 Å². The minimum absolute atomic E-state index is 0.0195. The third-order valence-electron chi connectivity index (χ3n) is 3.56. The van der Waals surface area contributed by atoms with E-state index in [0.717, 1.165) is 12.8 Å². The van der Waals surface area contributed by atoms with Gasteiger partial charge >= 0.3 is 6.36 Å². The number of alkyl halides is 3. The predicted molar refractivity (Wildman–Crippen MR) is 70.3 cm³/mol. The molecule has 4 nitrogen and oxygen atoms in total. The number of para-hydroxylation sites is 1. The number of rotatable bonds is 4. The monoisotopic (exact) mass is 302 g/mol. The maximum absolute atomic E-state index is 12.3. The van der Waals surface area contributed by atoms with Gasteiger partial charge in [-0.1, -0.05) is 24.6 Å². The Bertz CT molecular complexity index is 505. The van der Waals surface area contributed by atoms with Gasteiger partial charge in [-0.05, 0) is 18.9 Å². The second-order valence-corrected chi connectivity index (χ2v) is 5.07. The van der Waals surface area contributed by atoms with E-state index >= 15 is 0 Å². The van der Waals surface area contributed by atoms with E-state index in [2.05, 4.69) is 10.1 Å². The van der Waals surface area contributed by atoms with Gasteiger partial charge in [0.05, 0.1) is 5.92 Å². The summed E-state index contributed by atoms with van der Waals surface area (Å²) in [5.41, 5.74) is 6.10. The van der Waals surface area contributed by atoms with Gasteiger partial charge in [-0.15, -0.1) is 13.2 Å². The van der Waals surface area contributed by atoms with Crippen LogP contribution >= 0.6 is 0 Å². The first-order valence-corrected chi connectivity index (χ1v) is 6.74. The molecule has 0 aliphatic heterocycles. The number of nitrogens with two attached hydrogens (primary N) is 1. The number of benzene rings is 1. The van der Waals surface area contributed by atoms with Gasteiger partial charge in [0, 0.05) is 18.2 Å². The molecule has 1 fully saturated rings. The third kappa shape index (κ3) is 4.35. The van der Waals surface area contributed by atoms with Crippen LogP contribution in [0.4, 0.5) is 13.2 Å². The number of hydrogen-bond donors (Lipinski definition) is 2. The van der Waals surface area contributed by atoms with Crippen LogP contribution in [-0.2, 0) is 11.3 Å². The van der Waals surface area contributed by atoms with Crippen molar-refractivity contribution in [2.45, 2.75) is 38.2 Å². The summed E-state index contributed by atoms with van der Waals surface area (Å²) in [5, 5.41) is 2.63. The van der Waals surface area contributed by atoms with Crippen LogP contribution < -0.4 is 15.8 Å². The predicted octanol–water partition coefficient (Wildman–Crippen LogP) is 2.33. The van der Waals surface area contributed by atoms with Crippen molar-refractivity contribution in [3.63, 3.8) is 0 Å². The quantitative estimate of drug-likeness (QED) is 0.897. The van der Waals surface area contributed by atoms with E-state index in [1.54, 1.807) is 6.07 Å². The molecule has 0 heterocycles. The highest BCUT2D eigenvalue weighted by Crippen LogP contribution is 2.27. The fourth-order valence-corrected chi connectivity index (χ4v) is 2.50. The third-order valence-corrected chi connectivity index (χ3v) is 3.56. The summed E-state index contributed by atoms with van der Waals surface area (Å²) in [6, 6.07) is 5.56. The van der Waals surface area contributed by atoms with Gasteiger partial charge in [-0.3, -0.25) is 4.79 Å². The zero-order valence-electron chi connectivity index (χ0n) is 11.3. The van der Waals surface area contributed by atoms with E-state index in [9.17, 15) is 18.0 Å². The molecule has 0 saturated heterocycles. The van der Waals surface area contributed by atoms with Gasteiger partial charge in [0.25, 0.3) is 0 Å². The van der Waals surface area contributed by atoms with E-state index < -0.39 is 6.36 Å². The van der Waals surface area contributed by atoms with E-state index in [1.165, 1.54) is 18.2 Å². The molecule has 2 unspecified atom stereocenters. The van der Waals surface area contributed by atoms with Crippen LogP contribution in [0.2, 0.25) is 0 Å². The minimum Gasteiger partial charge on any atom is -0.405 e. The van der Waals surface area contributed by atoms with Crippen LogP contribution in [0.15, 0.2) is 24.3 Å². The van der Waals surface area contributed by atoms with Crippen molar-refractivity contribution < 1.29 is 22.7 Å². The average Bonchev–Trinajstić information content (AvgIpc) is 2.82. The molecule has 0 radical (unpaired) electrons. The number of carbonyl (C=O) groups is 1. The molecule has 3 N–H and O–H groups in total. The van der Waals surface area contributed by atoms with Crippen molar-refractivity contribution >= 4 is 5.91 Å². The lowest BCUT2D eigenvalue weighted by molar-refractivity contribution is -0.274. The van der Waals surface area contributed by atoms with E-state index in [0.29, 0.717) is 6.42 Å². The first kappa shape index (κ1) is 15.6. The fraction of sp³-hybridized carbons (Fsp3) is 0.500. The van der Waals surface area contributed by atoms with Gasteiger partial charge in [0.1, 0.15) is 5.75 Å². The van der Waals surface area contributed by atoms with Crippen molar-refractivity contribution in [3.05, 3.63) is 29.8 Å². The van der Waals surface area contributed by atoms with Crippen LogP contribution in [0.1, 0.15) is 24.8 Å². The van der Waals surface area contributed by atoms with Gasteiger partial charge in [0.15, 0.2) is 0 Å². The van der Waals surface area contributed by atoms with Crippen LogP contribution in [-0.4, -0.2) is 18.3 Å². The number of halogens is 3. The van der Waals surface area contributed by atoms with Gasteiger partial charge < -0.3 is 15.8 Å². The number of carbonyl (C=O) groups excluding carboxylic acids is 1. The highest BCUT2D eigenvalue weighted by molar-refractivity contribution is 5.79. The Morgan fingerprint density at radius 2 is 2.05 bits per heavy atom. The zero-order valence-corrected chi connectivity index (χ0v) is 11.3.